The number of benzene rings is 1. The summed E-state index contributed by atoms with van der Waals surface area (Å²) in [6, 6.07) is 6.72. The number of hydrogen-bond acceptors (Lipinski definition) is 3. The van der Waals surface area contributed by atoms with E-state index in [4.69, 9.17) is 4.74 Å². The molecule has 0 saturated carbocycles. The van der Waals surface area contributed by atoms with E-state index in [9.17, 15) is 4.79 Å². The van der Waals surface area contributed by atoms with Gasteiger partial charge in [-0.2, -0.15) is 0 Å². The number of amides is 1. The molecule has 1 amide bonds. The van der Waals surface area contributed by atoms with Crippen LogP contribution in [0, 0.1) is 0 Å². The number of aromatic amines is 1. The minimum atomic E-state index is -0.102. The predicted octanol–water partition coefficient (Wildman–Crippen LogP) is 5.20. The van der Waals surface area contributed by atoms with E-state index in [1.807, 2.05) is 12.1 Å². The van der Waals surface area contributed by atoms with Crippen molar-refractivity contribution in [3.05, 3.63) is 36.0 Å². The summed E-state index contributed by atoms with van der Waals surface area (Å²) in [7, 11) is 0. The van der Waals surface area contributed by atoms with Gasteiger partial charge in [0.1, 0.15) is 6.61 Å². The molecule has 0 aliphatic carbocycles. The van der Waals surface area contributed by atoms with Crippen LogP contribution in [-0.4, -0.2) is 48.1 Å². The van der Waals surface area contributed by atoms with Crippen molar-refractivity contribution in [2.24, 2.45) is 0 Å². The Morgan fingerprint density at radius 3 is 2.79 bits per heavy atom. The van der Waals surface area contributed by atoms with Crippen molar-refractivity contribution in [3.63, 3.8) is 0 Å². The van der Waals surface area contributed by atoms with Gasteiger partial charge in [0, 0.05) is 54.1 Å². The van der Waals surface area contributed by atoms with E-state index in [1.54, 1.807) is 0 Å². The summed E-state index contributed by atoms with van der Waals surface area (Å²) in [5.41, 5.74) is 4.56. The highest BCUT2D eigenvalue weighted by Gasteiger charge is 2.20. The van der Waals surface area contributed by atoms with E-state index >= 15 is 0 Å². The second-order valence-corrected chi connectivity index (χ2v) is 7.86. The molecule has 0 atom stereocenters. The topological polar surface area (TPSA) is 57.4 Å². The van der Waals surface area contributed by atoms with Crippen LogP contribution in [0.2, 0.25) is 0 Å². The fourth-order valence-electron chi connectivity index (χ4n) is 4.14. The lowest BCUT2D eigenvalue weighted by Gasteiger charge is -2.33. The van der Waals surface area contributed by atoms with Crippen LogP contribution in [0.3, 0.4) is 0 Å². The third-order valence-corrected chi connectivity index (χ3v) is 5.89. The SMILES string of the molecule is CCCCOCC(=O)Nc1ccc2[nH]cc(C3=CCN(C(CC)CC)CC3)c2c1. The summed E-state index contributed by atoms with van der Waals surface area (Å²) < 4.78 is 5.42. The first-order chi connectivity index (χ1) is 14.2. The van der Waals surface area contributed by atoms with Crippen LogP contribution in [0.25, 0.3) is 16.5 Å². The smallest absolute Gasteiger partial charge is 0.250 e. The van der Waals surface area contributed by atoms with Crippen molar-refractivity contribution in [1.29, 1.82) is 0 Å². The second kappa shape index (κ2) is 10.6. The lowest BCUT2D eigenvalue weighted by molar-refractivity contribution is -0.120. The summed E-state index contributed by atoms with van der Waals surface area (Å²) >= 11 is 0. The fraction of sp³-hybridized carbons (Fsp3) is 0.542. The third-order valence-electron chi connectivity index (χ3n) is 5.89. The van der Waals surface area contributed by atoms with Gasteiger partial charge in [-0.05, 0) is 49.5 Å². The number of hydrogen-bond donors (Lipinski definition) is 2. The molecule has 1 aliphatic heterocycles. The number of nitrogens with zero attached hydrogens (tertiary/aromatic N) is 1. The number of nitrogens with one attached hydrogen (secondary N) is 2. The Kier molecular flexibility index (Phi) is 7.90. The molecule has 0 spiro atoms. The zero-order chi connectivity index (χ0) is 20.6. The Bertz CT molecular complexity index is 836. The maximum Gasteiger partial charge on any atom is 0.250 e. The molecule has 2 N–H and O–H groups in total. The standard InChI is InChI=1S/C24H35N3O2/c1-4-7-14-29-17-24(28)26-19-8-9-23-21(15-19)22(16-25-23)18-10-12-27(13-11-18)20(5-2)6-3/h8-10,15-16,20,25H,4-7,11-14,17H2,1-3H3,(H,26,28). The number of H-pyrrole nitrogens is 1. The molecule has 0 bridgehead atoms. The van der Waals surface area contributed by atoms with Gasteiger partial charge >= 0.3 is 0 Å². The molecule has 1 aromatic heterocycles. The Labute approximate surface area is 174 Å². The summed E-state index contributed by atoms with van der Waals surface area (Å²) in [4.78, 5) is 18.1. The number of ether oxygens (including phenoxy) is 1. The van der Waals surface area contributed by atoms with Crippen LogP contribution in [0.4, 0.5) is 5.69 Å². The zero-order valence-corrected chi connectivity index (χ0v) is 18.1. The van der Waals surface area contributed by atoms with Gasteiger partial charge in [0.2, 0.25) is 5.91 Å². The molecular weight excluding hydrogens is 362 g/mol. The molecule has 5 nitrogen and oxygen atoms in total. The molecule has 0 saturated heterocycles. The van der Waals surface area contributed by atoms with E-state index in [2.05, 4.69) is 54.3 Å². The van der Waals surface area contributed by atoms with E-state index in [0.717, 1.165) is 48.9 Å². The Morgan fingerprint density at radius 1 is 1.28 bits per heavy atom. The highest BCUT2D eigenvalue weighted by atomic mass is 16.5. The van der Waals surface area contributed by atoms with Crippen molar-refractivity contribution >= 4 is 28.1 Å². The van der Waals surface area contributed by atoms with Crippen LogP contribution < -0.4 is 5.32 Å². The molecule has 2 heterocycles. The Hall–Kier alpha value is -2.11. The normalized spacial score (nSPS) is 15.1. The van der Waals surface area contributed by atoms with E-state index in [-0.39, 0.29) is 12.5 Å². The van der Waals surface area contributed by atoms with Gasteiger partial charge in [0.25, 0.3) is 0 Å². The summed E-state index contributed by atoms with van der Waals surface area (Å²) in [6.45, 7) is 9.52. The zero-order valence-electron chi connectivity index (χ0n) is 18.1. The molecule has 0 radical (unpaired) electrons. The van der Waals surface area contributed by atoms with Gasteiger partial charge in [-0.15, -0.1) is 0 Å². The second-order valence-electron chi connectivity index (χ2n) is 7.86. The third kappa shape index (κ3) is 5.49. The molecule has 1 aliphatic rings. The van der Waals surface area contributed by atoms with Crippen LogP contribution in [0.5, 0.6) is 0 Å². The summed E-state index contributed by atoms with van der Waals surface area (Å²) in [6.07, 6.45) is 10.00. The highest BCUT2D eigenvalue weighted by molar-refractivity contribution is 5.98. The van der Waals surface area contributed by atoms with Crippen molar-refractivity contribution < 1.29 is 9.53 Å². The van der Waals surface area contributed by atoms with Crippen molar-refractivity contribution in [1.82, 2.24) is 9.88 Å². The highest BCUT2D eigenvalue weighted by Crippen LogP contribution is 2.31. The summed E-state index contributed by atoms with van der Waals surface area (Å²) in [5, 5.41) is 4.13. The monoisotopic (exact) mass is 397 g/mol. The van der Waals surface area contributed by atoms with E-state index in [0.29, 0.717) is 12.6 Å². The van der Waals surface area contributed by atoms with Crippen molar-refractivity contribution in [2.75, 3.05) is 31.6 Å². The lowest BCUT2D eigenvalue weighted by Crippen LogP contribution is -2.37. The number of fused-ring (bicyclic) bond motifs is 1. The van der Waals surface area contributed by atoms with Crippen molar-refractivity contribution in [3.8, 4) is 0 Å². The molecule has 29 heavy (non-hydrogen) atoms. The Morgan fingerprint density at radius 2 is 2.10 bits per heavy atom. The quantitative estimate of drug-likeness (QED) is 0.542. The van der Waals surface area contributed by atoms with Crippen molar-refractivity contribution in [2.45, 2.75) is 58.9 Å². The van der Waals surface area contributed by atoms with Crippen LogP contribution in [0.15, 0.2) is 30.5 Å². The first-order valence-corrected chi connectivity index (χ1v) is 11.1. The first kappa shape index (κ1) is 21.6. The molecule has 2 aromatic rings. The fourth-order valence-corrected chi connectivity index (χ4v) is 4.14. The molecule has 0 unspecified atom stereocenters. The summed E-state index contributed by atoms with van der Waals surface area (Å²) in [5.74, 6) is -0.102. The molecule has 0 fully saturated rings. The van der Waals surface area contributed by atoms with Crippen LogP contribution in [0.1, 0.15) is 58.4 Å². The molecule has 3 rings (SSSR count). The lowest BCUT2D eigenvalue weighted by atomic mass is 9.97. The largest absolute Gasteiger partial charge is 0.372 e. The number of anilines is 1. The maximum absolute atomic E-state index is 12.1. The molecular formula is C24H35N3O2. The van der Waals surface area contributed by atoms with Gasteiger partial charge in [-0.1, -0.05) is 33.3 Å². The average molecular weight is 398 g/mol. The first-order valence-electron chi connectivity index (χ1n) is 11.1. The molecule has 1 aromatic carbocycles. The van der Waals surface area contributed by atoms with Gasteiger partial charge in [0.05, 0.1) is 0 Å². The van der Waals surface area contributed by atoms with E-state index < -0.39 is 0 Å². The van der Waals surface area contributed by atoms with Gasteiger partial charge in [0.15, 0.2) is 0 Å². The molecule has 158 valence electrons. The van der Waals surface area contributed by atoms with Crippen LogP contribution >= 0.6 is 0 Å². The number of carbonyl (C=O) groups is 1. The number of carbonyl (C=O) groups excluding carboxylic acids is 1. The van der Waals surface area contributed by atoms with Crippen LogP contribution in [-0.2, 0) is 9.53 Å². The van der Waals surface area contributed by atoms with E-state index in [1.165, 1.54) is 24.0 Å². The minimum absolute atomic E-state index is 0.102. The number of rotatable bonds is 10. The predicted molar refractivity (Wildman–Crippen MR) is 121 cm³/mol. The van der Waals surface area contributed by atoms with Gasteiger partial charge < -0.3 is 15.0 Å². The number of unbranched alkanes of at least 4 members (excludes halogenated alkanes) is 1. The Balaban J connectivity index is 1.69. The van der Waals surface area contributed by atoms with Gasteiger partial charge in [-0.25, -0.2) is 0 Å². The number of aromatic nitrogens is 1. The minimum Gasteiger partial charge on any atom is -0.372 e. The average Bonchev–Trinajstić information content (AvgIpc) is 3.16. The molecule has 5 heteroatoms. The maximum atomic E-state index is 12.1. The van der Waals surface area contributed by atoms with Gasteiger partial charge in [-0.3, -0.25) is 9.69 Å².